The number of hydrogen-bond acceptors (Lipinski definition) is 4. The van der Waals surface area contributed by atoms with Crippen molar-refractivity contribution < 1.29 is 17.2 Å². The number of hydrogen-bond donors (Lipinski definition) is 2. The van der Waals surface area contributed by atoms with E-state index >= 15 is 0 Å². The zero-order chi connectivity index (χ0) is 19.3. The van der Waals surface area contributed by atoms with E-state index in [1.165, 1.54) is 19.2 Å². The molecule has 0 spiro atoms. The van der Waals surface area contributed by atoms with Crippen LogP contribution in [0.4, 0.5) is 26.0 Å². The number of aromatic nitrogens is 1. The fraction of sp³-hybridized carbons (Fsp3) is 0.312. The van der Waals surface area contributed by atoms with Crippen molar-refractivity contribution in [1.82, 2.24) is 4.57 Å². The highest BCUT2D eigenvalue weighted by molar-refractivity contribution is 14.1. The Hall–Kier alpha value is -1.69. The maximum atomic E-state index is 14.1. The van der Waals surface area contributed by atoms with Gasteiger partial charge in [0.2, 0.25) is 10.0 Å². The molecule has 26 heavy (non-hydrogen) atoms. The number of benzene rings is 1. The average molecular weight is 495 g/mol. The third-order valence-electron chi connectivity index (χ3n) is 4.40. The van der Waals surface area contributed by atoms with Crippen molar-refractivity contribution in [3.63, 3.8) is 0 Å². The van der Waals surface area contributed by atoms with E-state index in [1.807, 2.05) is 22.6 Å². The molecule has 140 valence electrons. The molecule has 0 aliphatic heterocycles. The summed E-state index contributed by atoms with van der Waals surface area (Å²) in [4.78, 5) is 11.9. The van der Waals surface area contributed by atoms with Gasteiger partial charge in [-0.1, -0.05) is 0 Å². The molecule has 0 radical (unpaired) electrons. The lowest BCUT2D eigenvalue weighted by Crippen LogP contribution is -2.30. The molecule has 6 nitrogen and oxygen atoms in total. The minimum Gasteiger partial charge on any atom is -0.337 e. The smallest absolute Gasteiger partial charge is 0.287 e. The molecular weight excluding hydrogens is 479 g/mol. The standard InChI is InChI=1S/C16H16F2IN3O3S/c1-16(5-6-16)26(24,25)21-13-8-11(18)15(23)22(2)14(13)20-12-4-3-9(19)7-10(12)17/h3-4,7-8,20-21H,5-6H2,1-2H3. The first kappa shape index (κ1) is 19.1. The van der Waals surface area contributed by atoms with Crippen molar-refractivity contribution >= 4 is 49.8 Å². The zero-order valence-electron chi connectivity index (χ0n) is 13.9. The average Bonchev–Trinajstić information content (AvgIpc) is 3.30. The molecule has 0 unspecified atom stereocenters. The molecule has 2 N–H and O–H groups in total. The second-order valence-electron chi connectivity index (χ2n) is 6.42. The third kappa shape index (κ3) is 3.43. The van der Waals surface area contributed by atoms with Crippen LogP contribution < -0.4 is 15.6 Å². The highest BCUT2D eigenvalue weighted by atomic mass is 127. The molecule has 0 saturated heterocycles. The van der Waals surface area contributed by atoms with E-state index in [0.717, 1.165) is 10.6 Å². The van der Waals surface area contributed by atoms with E-state index < -0.39 is 32.0 Å². The van der Waals surface area contributed by atoms with Gasteiger partial charge in [-0.3, -0.25) is 14.1 Å². The Balaban J connectivity index is 2.08. The lowest BCUT2D eigenvalue weighted by molar-refractivity contribution is 0.585. The molecule has 1 aromatic carbocycles. The van der Waals surface area contributed by atoms with Crippen molar-refractivity contribution in [3.8, 4) is 0 Å². The van der Waals surface area contributed by atoms with E-state index in [4.69, 9.17) is 0 Å². The summed E-state index contributed by atoms with van der Waals surface area (Å²) in [5.74, 6) is -1.75. The topological polar surface area (TPSA) is 80.2 Å². The maximum absolute atomic E-state index is 14.1. The monoisotopic (exact) mass is 495 g/mol. The van der Waals surface area contributed by atoms with Gasteiger partial charge < -0.3 is 5.32 Å². The van der Waals surface area contributed by atoms with Crippen molar-refractivity contribution in [3.05, 3.63) is 49.8 Å². The molecule has 0 amide bonds. The summed E-state index contributed by atoms with van der Waals surface area (Å²) >= 11 is 1.95. The van der Waals surface area contributed by atoms with Crippen LogP contribution in [0.3, 0.4) is 0 Å². The number of nitrogens with one attached hydrogen (secondary N) is 2. The van der Waals surface area contributed by atoms with Gasteiger partial charge in [0.25, 0.3) is 5.56 Å². The van der Waals surface area contributed by atoms with Gasteiger partial charge >= 0.3 is 0 Å². The largest absolute Gasteiger partial charge is 0.337 e. The van der Waals surface area contributed by atoms with Crippen LogP contribution in [0, 0.1) is 15.2 Å². The molecule has 3 rings (SSSR count). The Morgan fingerprint density at radius 1 is 1.15 bits per heavy atom. The zero-order valence-corrected chi connectivity index (χ0v) is 16.9. The van der Waals surface area contributed by atoms with Crippen molar-refractivity contribution in [2.24, 2.45) is 7.05 Å². The summed E-state index contributed by atoms with van der Waals surface area (Å²) in [5, 5.41) is 2.69. The van der Waals surface area contributed by atoms with Crippen LogP contribution in [0.5, 0.6) is 0 Å². The van der Waals surface area contributed by atoms with Gasteiger partial charge in [0.1, 0.15) is 11.6 Å². The summed E-state index contributed by atoms with van der Waals surface area (Å²) < 4.78 is 56.0. The predicted molar refractivity (Wildman–Crippen MR) is 104 cm³/mol. The van der Waals surface area contributed by atoms with Crippen LogP contribution in [-0.2, 0) is 17.1 Å². The SMILES string of the molecule is Cn1c(Nc2ccc(I)cc2F)c(NS(=O)(=O)C2(C)CC2)cc(F)c1=O. The number of pyridine rings is 1. The van der Waals surface area contributed by atoms with Crippen LogP contribution in [0.1, 0.15) is 19.8 Å². The van der Waals surface area contributed by atoms with Crippen molar-refractivity contribution in [2.75, 3.05) is 10.0 Å². The highest BCUT2D eigenvalue weighted by Crippen LogP contribution is 2.44. The molecule has 10 heteroatoms. The summed E-state index contributed by atoms with van der Waals surface area (Å²) in [6.45, 7) is 1.58. The van der Waals surface area contributed by atoms with Gasteiger partial charge in [0.05, 0.1) is 16.1 Å². The first-order chi connectivity index (χ1) is 12.0. The lowest BCUT2D eigenvalue weighted by Gasteiger charge is -2.19. The van der Waals surface area contributed by atoms with Gasteiger partial charge in [-0.25, -0.2) is 17.2 Å². The fourth-order valence-corrected chi connectivity index (χ4v) is 4.14. The summed E-state index contributed by atoms with van der Waals surface area (Å²) in [5.41, 5.74) is -1.08. The first-order valence-electron chi connectivity index (χ1n) is 7.68. The van der Waals surface area contributed by atoms with Gasteiger partial charge in [0, 0.05) is 16.7 Å². The Morgan fingerprint density at radius 3 is 2.38 bits per heavy atom. The first-order valence-corrected chi connectivity index (χ1v) is 10.2. The maximum Gasteiger partial charge on any atom is 0.287 e. The normalized spacial score (nSPS) is 15.6. The Morgan fingerprint density at radius 2 is 1.81 bits per heavy atom. The van der Waals surface area contributed by atoms with E-state index in [2.05, 4.69) is 10.0 Å². The second kappa shape index (κ2) is 6.48. The molecular formula is C16H16F2IN3O3S. The minimum absolute atomic E-state index is 0.0325. The summed E-state index contributed by atoms with van der Waals surface area (Å²) in [7, 11) is -2.51. The van der Waals surface area contributed by atoms with Gasteiger partial charge in [-0.2, -0.15) is 0 Å². The summed E-state index contributed by atoms with van der Waals surface area (Å²) in [6, 6.07) is 5.17. The van der Waals surface area contributed by atoms with Crippen LogP contribution in [0.25, 0.3) is 0 Å². The molecule has 1 saturated carbocycles. The predicted octanol–water partition coefficient (Wildman–Crippen LogP) is 3.31. The molecule has 1 heterocycles. The number of nitrogens with zero attached hydrogens (tertiary/aromatic N) is 1. The van der Waals surface area contributed by atoms with Gasteiger partial charge in [-0.05, 0) is 60.6 Å². The van der Waals surface area contributed by atoms with E-state index in [1.54, 1.807) is 13.0 Å². The molecule has 1 aliphatic carbocycles. The molecule has 1 fully saturated rings. The number of sulfonamides is 1. The Labute approximate surface area is 162 Å². The van der Waals surface area contributed by atoms with Crippen LogP contribution in [-0.4, -0.2) is 17.7 Å². The van der Waals surface area contributed by atoms with E-state index in [9.17, 15) is 22.0 Å². The number of halogens is 3. The van der Waals surface area contributed by atoms with Crippen LogP contribution >= 0.6 is 22.6 Å². The Bertz CT molecular complexity index is 1050. The molecule has 2 aromatic rings. The van der Waals surface area contributed by atoms with Crippen LogP contribution in [0.2, 0.25) is 0 Å². The van der Waals surface area contributed by atoms with E-state index in [-0.39, 0.29) is 17.2 Å². The highest BCUT2D eigenvalue weighted by Gasteiger charge is 2.50. The van der Waals surface area contributed by atoms with Gasteiger partial charge in [0.15, 0.2) is 5.82 Å². The molecule has 0 atom stereocenters. The number of anilines is 3. The Kier molecular flexibility index (Phi) is 4.76. The van der Waals surface area contributed by atoms with Crippen molar-refractivity contribution in [1.29, 1.82) is 0 Å². The van der Waals surface area contributed by atoms with Crippen molar-refractivity contribution in [2.45, 2.75) is 24.5 Å². The van der Waals surface area contributed by atoms with E-state index in [0.29, 0.717) is 16.4 Å². The fourth-order valence-electron chi connectivity index (χ4n) is 2.36. The molecule has 1 aliphatic rings. The summed E-state index contributed by atoms with van der Waals surface area (Å²) in [6.07, 6.45) is 0.982. The molecule has 0 bridgehead atoms. The second-order valence-corrected chi connectivity index (χ2v) is 9.87. The van der Waals surface area contributed by atoms with Gasteiger partial charge in [-0.15, -0.1) is 0 Å². The molecule has 1 aromatic heterocycles. The number of rotatable bonds is 5. The van der Waals surface area contributed by atoms with Crippen LogP contribution in [0.15, 0.2) is 29.1 Å². The third-order valence-corrected chi connectivity index (χ3v) is 7.27. The lowest BCUT2D eigenvalue weighted by atomic mass is 10.3. The quantitative estimate of drug-likeness (QED) is 0.625. The minimum atomic E-state index is -3.78.